The van der Waals surface area contributed by atoms with E-state index in [-0.39, 0.29) is 5.91 Å². The van der Waals surface area contributed by atoms with Gasteiger partial charge >= 0.3 is 0 Å². The Morgan fingerprint density at radius 2 is 1.76 bits per heavy atom. The molecule has 114 valence electrons. The van der Waals surface area contributed by atoms with Crippen molar-refractivity contribution < 1.29 is 9.53 Å². The fraction of sp³-hybridized carbons (Fsp3) is 0.562. The van der Waals surface area contributed by atoms with Crippen molar-refractivity contribution >= 4 is 17.3 Å². The molecule has 5 heteroatoms. The van der Waals surface area contributed by atoms with Gasteiger partial charge in [-0.15, -0.1) is 0 Å². The molecule has 0 spiro atoms. The van der Waals surface area contributed by atoms with Crippen molar-refractivity contribution in [1.29, 1.82) is 0 Å². The third kappa shape index (κ3) is 3.13. The maximum atomic E-state index is 12.4. The van der Waals surface area contributed by atoms with Gasteiger partial charge in [-0.3, -0.25) is 4.79 Å². The molecular weight excluding hydrogens is 266 g/mol. The van der Waals surface area contributed by atoms with Gasteiger partial charge in [0.25, 0.3) is 5.91 Å². The number of nitrogen functional groups attached to an aromatic ring is 1. The van der Waals surface area contributed by atoms with E-state index in [1.54, 1.807) is 0 Å². The monoisotopic (exact) mass is 289 g/mol. The molecule has 3 rings (SSSR count). The molecule has 0 bridgehead atoms. The van der Waals surface area contributed by atoms with Gasteiger partial charge in [0, 0.05) is 31.7 Å². The van der Waals surface area contributed by atoms with Crippen LogP contribution in [0.25, 0.3) is 0 Å². The first-order valence-corrected chi connectivity index (χ1v) is 7.77. The first-order chi connectivity index (χ1) is 10.3. The Kier molecular flexibility index (Phi) is 4.29. The van der Waals surface area contributed by atoms with Crippen LogP contribution in [0.5, 0.6) is 0 Å². The predicted molar refractivity (Wildman–Crippen MR) is 83.6 cm³/mol. The van der Waals surface area contributed by atoms with Crippen LogP contribution in [0.3, 0.4) is 0 Å². The van der Waals surface area contributed by atoms with Crippen LogP contribution in [0, 0.1) is 0 Å². The number of carbonyl (C=O) groups is 1. The summed E-state index contributed by atoms with van der Waals surface area (Å²) in [6.45, 7) is 4.67. The van der Waals surface area contributed by atoms with Crippen molar-refractivity contribution in [3.63, 3.8) is 0 Å². The normalized spacial score (nSPS) is 19.6. The SMILES string of the molecule is Nc1cc(C(=O)N2CCOCC2)ccc1N1CCCCC1. The Bertz CT molecular complexity index is 506. The van der Waals surface area contributed by atoms with Crippen molar-refractivity contribution in [1.82, 2.24) is 4.90 Å². The summed E-state index contributed by atoms with van der Waals surface area (Å²) in [4.78, 5) is 16.6. The third-order valence-corrected chi connectivity index (χ3v) is 4.27. The van der Waals surface area contributed by atoms with Crippen molar-refractivity contribution in [2.45, 2.75) is 19.3 Å². The zero-order valence-corrected chi connectivity index (χ0v) is 12.4. The number of rotatable bonds is 2. The van der Waals surface area contributed by atoms with Crippen molar-refractivity contribution in [2.75, 3.05) is 50.0 Å². The van der Waals surface area contributed by atoms with Crippen LogP contribution in [0.4, 0.5) is 11.4 Å². The lowest BCUT2D eigenvalue weighted by Crippen LogP contribution is -2.40. The minimum absolute atomic E-state index is 0.0511. The second kappa shape index (κ2) is 6.35. The Hall–Kier alpha value is -1.75. The highest BCUT2D eigenvalue weighted by Crippen LogP contribution is 2.27. The van der Waals surface area contributed by atoms with Crippen LogP contribution in [0.2, 0.25) is 0 Å². The molecule has 0 aliphatic carbocycles. The number of amides is 1. The van der Waals surface area contributed by atoms with Crippen LogP contribution in [-0.2, 0) is 4.74 Å². The highest BCUT2D eigenvalue weighted by molar-refractivity contribution is 5.96. The Morgan fingerprint density at radius 3 is 2.43 bits per heavy atom. The maximum Gasteiger partial charge on any atom is 0.254 e. The van der Waals surface area contributed by atoms with E-state index in [0.717, 1.165) is 18.8 Å². The Morgan fingerprint density at radius 1 is 1.05 bits per heavy atom. The summed E-state index contributed by atoms with van der Waals surface area (Å²) in [7, 11) is 0. The predicted octanol–water partition coefficient (Wildman–Crippen LogP) is 1.73. The van der Waals surface area contributed by atoms with E-state index in [4.69, 9.17) is 10.5 Å². The number of morpholine rings is 1. The average Bonchev–Trinajstić information content (AvgIpc) is 2.55. The molecule has 2 aliphatic rings. The molecule has 2 N–H and O–H groups in total. The highest BCUT2D eigenvalue weighted by atomic mass is 16.5. The third-order valence-electron chi connectivity index (χ3n) is 4.27. The Balaban J connectivity index is 1.75. The first-order valence-electron chi connectivity index (χ1n) is 7.77. The van der Waals surface area contributed by atoms with E-state index < -0.39 is 0 Å². The second-order valence-electron chi connectivity index (χ2n) is 5.73. The van der Waals surface area contributed by atoms with E-state index >= 15 is 0 Å². The van der Waals surface area contributed by atoms with E-state index in [0.29, 0.717) is 37.6 Å². The van der Waals surface area contributed by atoms with Crippen molar-refractivity contribution in [3.05, 3.63) is 23.8 Å². The first kappa shape index (κ1) is 14.2. The molecular formula is C16H23N3O2. The van der Waals surface area contributed by atoms with Crippen LogP contribution in [0.15, 0.2) is 18.2 Å². The molecule has 2 aliphatic heterocycles. The molecule has 1 amide bonds. The number of piperidine rings is 1. The summed E-state index contributed by atoms with van der Waals surface area (Å²) in [6.07, 6.45) is 3.73. The lowest BCUT2D eigenvalue weighted by Gasteiger charge is -2.30. The number of anilines is 2. The van der Waals surface area contributed by atoms with Gasteiger partial charge in [0.2, 0.25) is 0 Å². The highest BCUT2D eigenvalue weighted by Gasteiger charge is 2.20. The van der Waals surface area contributed by atoms with E-state index in [1.165, 1.54) is 19.3 Å². The van der Waals surface area contributed by atoms with Crippen molar-refractivity contribution in [3.8, 4) is 0 Å². The molecule has 2 saturated heterocycles. The standard InChI is InChI=1S/C16H23N3O2/c17-14-12-13(16(20)19-8-10-21-11-9-19)4-5-15(14)18-6-2-1-3-7-18/h4-5,12H,1-3,6-11,17H2. The number of hydrogen-bond donors (Lipinski definition) is 1. The number of benzene rings is 1. The van der Waals surface area contributed by atoms with E-state index in [1.807, 2.05) is 23.1 Å². The van der Waals surface area contributed by atoms with E-state index in [2.05, 4.69) is 4.90 Å². The summed E-state index contributed by atoms with van der Waals surface area (Å²) in [6, 6.07) is 5.72. The molecule has 1 aromatic rings. The molecule has 21 heavy (non-hydrogen) atoms. The smallest absolute Gasteiger partial charge is 0.254 e. The second-order valence-corrected chi connectivity index (χ2v) is 5.73. The summed E-state index contributed by atoms with van der Waals surface area (Å²) in [5.41, 5.74) is 8.63. The topological polar surface area (TPSA) is 58.8 Å². The minimum atomic E-state index is 0.0511. The number of carbonyl (C=O) groups excluding carboxylic acids is 1. The largest absolute Gasteiger partial charge is 0.397 e. The summed E-state index contributed by atoms with van der Waals surface area (Å²) in [5.74, 6) is 0.0511. The van der Waals surface area contributed by atoms with Gasteiger partial charge in [0.1, 0.15) is 0 Å². The maximum absolute atomic E-state index is 12.4. The van der Waals surface area contributed by atoms with Gasteiger partial charge in [-0.25, -0.2) is 0 Å². The minimum Gasteiger partial charge on any atom is -0.397 e. The zero-order valence-electron chi connectivity index (χ0n) is 12.4. The molecule has 0 radical (unpaired) electrons. The average molecular weight is 289 g/mol. The van der Waals surface area contributed by atoms with Gasteiger partial charge in [-0.1, -0.05) is 0 Å². The lowest BCUT2D eigenvalue weighted by atomic mass is 10.1. The van der Waals surface area contributed by atoms with E-state index in [9.17, 15) is 4.79 Å². The number of nitrogens with zero attached hydrogens (tertiary/aromatic N) is 2. The van der Waals surface area contributed by atoms with Gasteiger partial charge in [-0.2, -0.15) is 0 Å². The van der Waals surface area contributed by atoms with Gasteiger partial charge < -0.3 is 20.3 Å². The van der Waals surface area contributed by atoms with Gasteiger partial charge in [0.15, 0.2) is 0 Å². The number of hydrogen-bond acceptors (Lipinski definition) is 4. The van der Waals surface area contributed by atoms with Crippen LogP contribution in [-0.4, -0.2) is 50.2 Å². The number of ether oxygens (including phenoxy) is 1. The molecule has 2 heterocycles. The quantitative estimate of drug-likeness (QED) is 0.842. The molecule has 0 atom stereocenters. The van der Waals surface area contributed by atoms with Crippen LogP contribution in [0.1, 0.15) is 29.6 Å². The molecule has 0 unspecified atom stereocenters. The summed E-state index contributed by atoms with van der Waals surface area (Å²) >= 11 is 0. The fourth-order valence-corrected chi connectivity index (χ4v) is 3.06. The number of nitrogens with two attached hydrogens (primary N) is 1. The van der Waals surface area contributed by atoms with Gasteiger partial charge in [-0.05, 0) is 37.5 Å². The molecule has 5 nitrogen and oxygen atoms in total. The molecule has 0 saturated carbocycles. The zero-order chi connectivity index (χ0) is 14.7. The molecule has 0 aromatic heterocycles. The molecule has 2 fully saturated rings. The van der Waals surface area contributed by atoms with Crippen LogP contribution >= 0.6 is 0 Å². The van der Waals surface area contributed by atoms with Crippen molar-refractivity contribution in [2.24, 2.45) is 0 Å². The lowest BCUT2D eigenvalue weighted by molar-refractivity contribution is 0.0303. The fourth-order valence-electron chi connectivity index (χ4n) is 3.06. The van der Waals surface area contributed by atoms with Crippen LogP contribution < -0.4 is 10.6 Å². The Labute approximate surface area is 125 Å². The molecule has 1 aromatic carbocycles. The van der Waals surface area contributed by atoms with Gasteiger partial charge in [0.05, 0.1) is 24.6 Å². The summed E-state index contributed by atoms with van der Waals surface area (Å²) < 4.78 is 5.28. The summed E-state index contributed by atoms with van der Waals surface area (Å²) in [5, 5.41) is 0.